The maximum Gasteiger partial charge on any atom is 0.412 e. The molecule has 0 spiro atoms. The molecule has 0 bridgehead atoms. The minimum atomic E-state index is 0.00273. The number of furan rings is 1. The number of rotatable bonds is 5. The molecule has 2 aromatic carbocycles. The number of hydrogen-bond donors (Lipinski definition) is 0. The van der Waals surface area contributed by atoms with E-state index >= 15 is 0 Å². The topological polar surface area (TPSA) is 38.1 Å². The molecule has 5 nitrogen and oxygen atoms in total. The highest BCUT2D eigenvalue weighted by Crippen LogP contribution is 2.38. The van der Waals surface area contributed by atoms with Gasteiger partial charge in [-0.15, -0.1) is 0 Å². The van der Waals surface area contributed by atoms with E-state index in [1.807, 2.05) is 6.92 Å². The van der Waals surface area contributed by atoms with Crippen LogP contribution in [0.15, 0.2) is 77.1 Å². The lowest BCUT2D eigenvalue weighted by atomic mass is 9.57. The summed E-state index contributed by atoms with van der Waals surface area (Å²) in [7, 11) is 2.13. The molecule has 1 aliphatic heterocycles. The van der Waals surface area contributed by atoms with E-state index in [0.29, 0.717) is 17.5 Å². The lowest BCUT2D eigenvalue weighted by Crippen LogP contribution is -2.52. The Kier molecular flexibility index (Phi) is 6.45. The van der Waals surface area contributed by atoms with Gasteiger partial charge in [0, 0.05) is 16.6 Å². The maximum atomic E-state index is 6.42. The average molecular weight is 530 g/mol. The van der Waals surface area contributed by atoms with Crippen LogP contribution in [0.25, 0.3) is 34.0 Å². The highest BCUT2D eigenvalue weighted by atomic mass is 16.3. The summed E-state index contributed by atoms with van der Waals surface area (Å²) in [5, 5.41) is 1.08. The van der Waals surface area contributed by atoms with Crippen LogP contribution in [0.3, 0.4) is 0 Å². The zero-order chi connectivity index (χ0) is 28.3. The predicted molar refractivity (Wildman–Crippen MR) is 167 cm³/mol. The van der Waals surface area contributed by atoms with Crippen LogP contribution >= 0.6 is 0 Å². The molecular weight excluding hydrogens is 491 g/mol. The molecular formula is C34H38BN4O+. The van der Waals surface area contributed by atoms with Gasteiger partial charge in [0.25, 0.3) is 0 Å². The van der Waals surface area contributed by atoms with Crippen LogP contribution in [0.2, 0.25) is 6.82 Å². The molecule has 0 aliphatic carbocycles. The van der Waals surface area contributed by atoms with Crippen LogP contribution in [-0.4, -0.2) is 16.4 Å². The van der Waals surface area contributed by atoms with Gasteiger partial charge in [-0.1, -0.05) is 58.0 Å². The van der Waals surface area contributed by atoms with E-state index in [4.69, 9.17) is 4.42 Å². The molecule has 0 fully saturated rings. The summed E-state index contributed by atoms with van der Waals surface area (Å²) in [6.45, 7) is 15.6. The number of anilines is 1. The number of aryl methyl sites for hydroxylation is 2. The van der Waals surface area contributed by atoms with Crippen molar-refractivity contribution in [1.29, 1.82) is 0 Å². The smallest absolute Gasteiger partial charge is 0.412 e. The Morgan fingerprint density at radius 1 is 0.900 bits per heavy atom. The number of hydrogen-bond acceptors (Lipinski definition) is 3. The van der Waals surface area contributed by atoms with E-state index in [9.17, 15) is 0 Å². The normalized spacial score (nSPS) is 13.5. The van der Waals surface area contributed by atoms with Gasteiger partial charge in [0.15, 0.2) is 0 Å². The first kappa shape index (κ1) is 26.2. The molecule has 202 valence electrons. The Hall–Kier alpha value is -4.06. The Bertz CT molecular complexity index is 1730. The van der Waals surface area contributed by atoms with Gasteiger partial charge in [-0.3, -0.25) is 4.81 Å². The Labute approximate surface area is 237 Å². The van der Waals surface area contributed by atoms with E-state index in [1.54, 1.807) is 0 Å². The fourth-order valence-electron chi connectivity index (χ4n) is 6.17. The molecule has 0 N–H and O–H groups in total. The van der Waals surface area contributed by atoms with Gasteiger partial charge < -0.3 is 4.42 Å². The van der Waals surface area contributed by atoms with Crippen molar-refractivity contribution in [3.63, 3.8) is 0 Å². The summed E-state index contributed by atoms with van der Waals surface area (Å²) < 4.78 is 11.0. The van der Waals surface area contributed by atoms with E-state index in [-0.39, 0.29) is 6.85 Å². The molecule has 0 radical (unpaired) electrons. The van der Waals surface area contributed by atoms with E-state index in [1.165, 1.54) is 33.6 Å². The second-order valence-corrected chi connectivity index (χ2v) is 11.8. The maximum absolute atomic E-state index is 6.42. The molecule has 0 saturated carbocycles. The van der Waals surface area contributed by atoms with E-state index in [2.05, 4.69) is 140 Å². The lowest BCUT2D eigenvalue weighted by molar-refractivity contribution is -0.657. The summed E-state index contributed by atoms with van der Waals surface area (Å²) in [4.78, 5) is 7.08. The monoisotopic (exact) mass is 529 g/mol. The molecule has 5 aromatic rings. The first-order valence-electron chi connectivity index (χ1n) is 14.3. The van der Waals surface area contributed by atoms with Gasteiger partial charge in [0.05, 0.1) is 18.9 Å². The summed E-state index contributed by atoms with van der Waals surface area (Å²) in [6.07, 6.45) is 6.62. The summed E-state index contributed by atoms with van der Waals surface area (Å²) >= 11 is 0. The molecule has 0 atom stereocenters. The average Bonchev–Trinajstić information content (AvgIpc) is 3.48. The molecule has 3 aromatic heterocycles. The SMILES string of the molecule is CB1c2oc3nc(C)ccc3c2C=C(C)N1c1n(-c2c(C(C)C)cc(-c3ccccc3)cc2C(C)C)cc[n+]1C. The summed E-state index contributed by atoms with van der Waals surface area (Å²) in [5.74, 6) is 1.81. The van der Waals surface area contributed by atoms with Crippen LogP contribution in [-0.2, 0) is 7.05 Å². The highest BCUT2D eigenvalue weighted by molar-refractivity contribution is 6.76. The number of nitrogens with zero attached hydrogens (tertiary/aromatic N) is 4. The minimum absolute atomic E-state index is 0.00273. The van der Waals surface area contributed by atoms with Gasteiger partial charge in [0.1, 0.15) is 17.5 Å². The van der Waals surface area contributed by atoms with Crippen LogP contribution < -0.4 is 15.0 Å². The third-order valence-electron chi connectivity index (χ3n) is 8.21. The fourth-order valence-corrected chi connectivity index (χ4v) is 6.17. The Morgan fingerprint density at radius 2 is 1.57 bits per heavy atom. The second kappa shape index (κ2) is 9.85. The molecule has 40 heavy (non-hydrogen) atoms. The van der Waals surface area contributed by atoms with Crippen molar-refractivity contribution in [2.75, 3.05) is 4.81 Å². The largest absolute Gasteiger partial charge is 0.448 e. The summed E-state index contributed by atoms with van der Waals surface area (Å²) in [6, 6.07) is 19.7. The number of aromatic nitrogens is 3. The first-order valence-corrected chi connectivity index (χ1v) is 14.3. The van der Waals surface area contributed by atoms with Crippen molar-refractivity contribution < 1.29 is 8.98 Å². The van der Waals surface area contributed by atoms with Crippen LogP contribution in [0, 0.1) is 6.92 Å². The zero-order valence-electron chi connectivity index (χ0n) is 24.9. The number of fused-ring (bicyclic) bond motifs is 3. The van der Waals surface area contributed by atoms with Crippen LogP contribution in [0.5, 0.6) is 0 Å². The van der Waals surface area contributed by atoms with E-state index < -0.39 is 0 Å². The van der Waals surface area contributed by atoms with Gasteiger partial charge >= 0.3 is 12.8 Å². The fraction of sp³-hybridized carbons (Fsp3) is 0.294. The lowest BCUT2D eigenvalue weighted by Gasteiger charge is -2.28. The second-order valence-electron chi connectivity index (χ2n) is 11.8. The number of imidazole rings is 1. The van der Waals surface area contributed by atoms with Crippen LogP contribution in [0.1, 0.15) is 68.8 Å². The van der Waals surface area contributed by atoms with Crippen molar-refractivity contribution in [1.82, 2.24) is 9.55 Å². The van der Waals surface area contributed by atoms with Crippen LogP contribution in [0.4, 0.5) is 5.95 Å². The van der Waals surface area contributed by atoms with E-state index in [0.717, 1.165) is 28.3 Å². The third kappa shape index (κ3) is 4.17. The third-order valence-corrected chi connectivity index (χ3v) is 8.21. The highest BCUT2D eigenvalue weighted by Gasteiger charge is 2.42. The van der Waals surface area contributed by atoms with Crippen molar-refractivity contribution >= 4 is 35.6 Å². The van der Waals surface area contributed by atoms with Gasteiger partial charge in [-0.05, 0) is 85.1 Å². The van der Waals surface area contributed by atoms with Crippen molar-refractivity contribution in [3.05, 3.63) is 95.1 Å². The summed E-state index contributed by atoms with van der Waals surface area (Å²) in [5.41, 5.74) is 11.4. The predicted octanol–water partition coefficient (Wildman–Crippen LogP) is 7.37. The molecule has 1 aliphatic rings. The van der Waals surface area contributed by atoms with Gasteiger partial charge in [-0.25, -0.2) is 14.1 Å². The molecule has 0 unspecified atom stereocenters. The molecule has 4 heterocycles. The quantitative estimate of drug-likeness (QED) is 0.176. The van der Waals surface area contributed by atoms with Gasteiger partial charge in [0.2, 0.25) is 5.71 Å². The number of benzene rings is 2. The van der Waals surface area contributed by atoms with Crippen molar-refractivity contribution in [3.8, 4) is 16.8 Å². The van der Waals surface area contributed by atoms with Crippen molar-refractivity contribution in [2.45, 2.75) is 60.2 Å². The first-order chi connectivity index (χ1) is 19.2. The Morgan fingerprint density at radius 3 is 2.23 bits per heavy atom. The molecule has 6 rings (SSSR count). The molecule has 0 amide bonds. The Balaban J connectivity index is 1.56. The molecule has 0 saturated heterocycles. The number of pyridine rings is 1. The van der Waals surface area contributed by atoms with Crippen molar-refractivity contribution in [2.24, 2.45) is 7.05 Å². The zero-order valence-corrected chi connectivity index (χ0v) is 24.9. The number of allylic oxidation sites excluding steroid dienone is 1. The van der Waals surface area contributed by atoms with Gasteiger partial charge in [-0.2, -0.15) is 0 Å². The standard InChI is InChI=1S/C34H38BN4O/c1-21(2)28-19-26(25-12-10-9-11-13-25)20-29(22(3)4)31(28)38-17-16-37(8)34(38)39-24(6)18-30-27-15-14-23(5)36-33(27)40-32(30)35(39)7/h9-22H,1-8H3/q+1. The minimum Gasteiger partial charge on any atom is -0.448 e. The molecule has 6 heteroatoms.